The van der Waals surface area contributed by atoms with Gasteiger partial charge in [0.2, 0.25) is 0 Å². The molecule has 6 rings (SSSR count). The first-order chi connectivity index (χ1) is 22.1. The zero-order valence-electron chi connectivity index (χ0n) is 28.1. The number of fused-ring (bicyclic) bond motifs is 3. The van der Waals surface area contributed by atoms with Gasteiger partial charge in [-0.25, -0.2) is 0 Å². The molecular formula is C43H43BO2. The quantitative estimate of drug-likeness (QED) is 0.0799. The third-order valence-corrected chi connectivity index (χ3v) is 9.78. The first-order valence-electron chi connectivity index (χ1n) is 16.2. The molecule has 1 saturated heterocycles. The van der Waals surface area contributed by atoms with E-state index in [1.165, 1.54) is 54.9 Å². The maximum absolute atomic E-state index is 6.52. The number of benzene rings is 5. The minimum Gasteiger partial charge on any atom is -0.399 e. The highest BCUT2D eigenvalue weighted by molar-refractivity contribution is 6.63. The summed E-state index contributed by atoms with van der Waals surface area (Å²) in [5.41, 5.74) is 9.56. The van der Waals surface area contributed by atoms with Crippen molar-refractivity contribution in [2.45, 2.75) is 59.7 Å². The maximum Gasteiger partial charge on any atom is 0.495 e. The summed E-state index contributed by atoms with van der Waals surface area (Å²) >= 11 is 0. The Morgan fingerprint density at radius 1 is 0.674 bits per heavy atom. The highest BCUT2D eigenvalue weighted by Gasteiger charge is 2.52. The largest absolute Gasteiger partial charge is 0.495 e. The van der Waals surface area contributed by atoms with Crippen LogP contribution >= 0.6 is 0 Å². The molecule has 0 atom stereocenters. The number of rotatable bonds is 7. The zero-order chi connectivity index (χ0) is 32.6. The standard InChI is InChI=1S/C43H43BO2/c1-9-18-32(29(4)33-20-16-17-25-41(33)44-45-42(5,6)43(7,8)46-44)36-22-13-12-21-34(36)30-26-27-39-38-24-15-14-23-37(38)35(19-10-2)31(11-3)40(39)28-30/h9-28H,3H2,1-2,4-8H3. The normalized spacial score (nSPS) is 16.5. The molecule has 0 aromatic heterocycles. The summed E-state index contributed by atoms with van der Waals surface area (Å²) in [6, 6.07) is 32.7. The van der Waals surface area contributed by atoms with Gasteiger partial charge >= 0.3 is 7.12 Å². The van der Waals surface area contributed by atoms with Crippen LogP contribution in [-0.2, 0) is 9.31 Å². The summed E-state index contributed by atoms with van der Waals surface area (Å²) in [5.74, 6) is 0. The molecule has 0 unspecified atom stereocenters. The Morgan fingerprint density at radius 3 is 1.96 bits per heavy atom. The highest BCUT2D eigenvalue weighted by atomic mass is 16.7. The minimum absolute atomic E-state index is 0.417. The van der Waals surface area contributed by atoms with E-state index in [9.17, 15) is 0 Å². The van der Waals surface area contributed by atoms with Gasteiger partial charge in [0.1, 0.15) is 0 Å². The highest BCUT2D eigenvalue weighted by Crippen LogP contribution is 2.41. The van der Waals surface area contributed by atoms with Gasteiger partial charge in [0, 0.05) is 0 Å². The van der Waals surface area contributed by atoms with E-state index in [2.05, 4.69) is 170 Å². The van der Waals surface area contributed by atoms with Crippen LogP contribution in [0.3, 0.4) is 0 Å². The summed E-state index contributed by atoms with van der Waals surface area (Å²) < 4.78 is 13.0. The van der Waals surface area contributed by atoms with Crippen LogP contribution in [0.1, 0.15) is 70.7 Å². The van der Waals surface area contributed by atoms with Crippen molar-refractivity contribution < 1.29 is 9.31 Å². The van der Waals surface area contributed by atoms with Gasteiger partial charge in [-0.05, 0) is 126 Å². The Bertz CT molecular complexity index is 2040. The molecule has 1 heterocycles. The molecule has 46 heavy (non-hydrogen) atoms. The van der Waals surface area contributed by atoms with Crippen LogP contribution in [0.4, 0.5) is 0 Å². The molecule has 1 aliphatic heterocycles. The number of hydrogen-bond donors (Lipinski definition) is 0. The van der Waals surface area contributed by atoms with Crippen LogP contribution in [0.25, 0.3) is 56.0 Å². The van der Waals surface area contributed by atoms with Gasteiger partial charge in [-0.2, -0.15) is 0 Å². The first-order valence-corrected chi connectivity index (χ1v) is 16.2. The van der Waals surface area contributed by atoms with Gasteiger partial charge in [0.15, 0.2) is 0 Å². The predicted octanol–water partition coefficient (Wildman–Crippen LogP) is 11.1. The van der Waals surface area contributed by atoms with Gasteiger partial charge in [-0.1, -0.05) is 122 Å². The number of allylic oxidation sites excluding steroid dienone is 5. The lowest BCUT2D eigenvalue weighted by atomic mass is 9.73. The average molecular weight is 603 g/mol. The van der Waals surface area contributed by atoms with Gasteiger partial charge < -0.3 is 9.31 Å². The molecule has 2 nitrogen and oxygen atoms in total. The summed E-state index contributed by atoms with van der Waals surface area (Å²) in [6.45, 7) is 19.0. The Balaban J connectivity index is 1.55. The minimum atomic E-state index is -0.447. The van der Waals surface area contributed by atoms with Crippen molar-refractivity contribution in [3.63, 3.8) is 0 Å². The molecule has 5 aromatic rings. The van der Waals surface area contributed by atoms with E-state index in [1.54, 1.807) is 0 Å². The summed E-state index contributed by atoms with van der Waals surface area (Å²) in [5, 5.41) is 4.93. The summed E-state index contributed by atoms with van der Waals surface area (Å²) in [7, 11) is -0.447. The summed E-state index contributed by atoms with van der Waals surface area (Å²) in [6.07, 6.45) is 10.7. The molecule has 0 N–H and O–H groups in total. The van der Waals surface area contributed by atoms with Gasteiger partial charge in [0.25, 0.3) is 0 Å². The molecule has 0 radical (unpaired) electrons. The van der Waals surface area contributed by atoms with Crippen LogP contribution < -0.4 is 5.46 Å². The van der Waals surface area contributed by atoms with Crippen LogP contribution in [0.2, 0.25) is 0 Å². The van der Waals surface area contributed by atoms with Gasteiger partial charge in [0.05, 0.1) is 11.2 Å². The van der Waals surface area contributed by atoms with Crippen molar-refractivity contribution in [3.05, 3.63) is 138 Å². The topological polar surface area (TPSA) is 18.5 Å². The van der Waals surface area contributed by atoms with Crippen LogP contribution in [0, 0.1) is 0 Å². The van der Waals surface area contributed by atoms with Crippen molar-refractivity contribution in [2.75, 3.05) is 0 Å². The van der Waals surface area contributed by atoms with Crippen LogP contribution in [-0.4, -0.2) is 18.3 Å². The van der Waals surface area contributed by atoms with E-state index in [-0.39, 0.29) is 0 Å². The van der Waals surface area contributed by atoms with Crippen LogP contribution in [0.5, 0.6) is 0 Å². The van der Waals surface area contributed by atoms with E-state index in [0.717, 1.165) is 16.6 Å². The SMILES string of the molecule is C=Cc1c(C=CC)c2ccccc2c2ccc(-c3ccccc3C(C=CC)=C(C)c3ccccc3B3OC(C)(C)C(C)(C)O3)cc12. The van der Waals surface area contributed by atoms with E-state index in [4.69, 9.17) is 9.31 Å². The van der Waals surface area contributed by atoms with E-state index >= 15 is 0 Å². The predicted molar refractivity (Wildman–Crippen MR) is 201 cm³/mol. The Hall–Kier alpha value is -4.44. The van der Waals surface area contributed by atoms with Crippen molar-refractivity contribution >= 4 is 57.4 Å². The lowest BCUT2D eigenvalue weighted by molar-refractivity contribution is 0.00578. The molecule has 0 aliphatic carbocycles. The first kappa shape index (κ1) is 31.5. The van der Waals surface area contributed by atoms with E-state index < -0.39 is 18.3 Å². The van der Waals surface area contributed by atoms with E-state index in [0.29, 0.717) is 0 Å². The van der Waals surface area contributed by atoms with Crippen molar-refractivity contribution in [3.8, 4) is 11.1 Å². The zero-order valence-corrected chi connectivity index (χ0v) is 28.1. The second-order valence-electron chi connectivity index (χ2n) is 13.1. The molecule has 1 fully saturated rings. The van der Waals surface area contributed by atoms with Crippen LogP contribution in [0.15, 0.2) is 116 Å². The molecule has 0 amide bonds. The fourth-order valence-corrected chi connectivity index (χ4v) is 6.69. The van der Waals surface area contributed by atoms with Crippen molar-refractivity contribution in [1.82, 2.24) is 0 Å². The second kappa shape index (κ2) is 12.4. The number of hydrogen-bond acceptors (Lipinski definition) is 2. The molecule has 3 heteroatoms. The maximum atomic E-state index is 6.52. The van der Waals surface area contributed by atoms with Gasteiger partial charge in [-0.15, -0.1) is 0 Å². The molecule has 230 valence electrons. The molecule has 0 bridgehead atoms. The molecule has 5 aromatic carbocycles. The smallest absolute Gasteiger partial charge is 0.399 e. The van der Waals surface area contributed by atoms with E-state index in [1.807, 2.05) is 6.08 Å². The Morgan fingerprint density at radius 2 is 1.28 bits per heavy atom. The average Bonchev–Trinajstić information content (AvgIpc) is 3.29. The molecule has 0 spiro atoms. The third-order valence-electron chi connectivity index (χ3n) is 9.78. The fraction of sp³-hybridized carbons (Fsp3) is 0.209. The van der Waals surface area contributed by atoms with Crippen molar-refractivity contribution in [1.29, 1.82) is 0 Å². The monoisotopic (exact) mass is 602 g/mol. The second-order valence-corrected chi connectivity index (χ2v) is 13.1. The molecular weight excluding hydrogens is 559 g/mol. The molecule has 0 saturated carbocycles. The molecule has 1 aliphatic rings. The lowest BCUT2D eigenvalue weighted by Gasteiger charge is -2.32. The summed E-state index contributed by atoms with van der Waals surface area (Å²) in [4.78, 5) is 0. The van der Waals surface area contributed by atoms with Gasteiger partial charge in [-0.3, -0.25) is 0 Å². The third kappa shape index (κ3) is 5.38. The Labute approximate surface area is 274 Å². The Kier molecular flexibility index (Phi) is 8.50. The van der Waals surface area contributed by atoms with Crippen molar-refractivity contribution in [2.24, 2.45) is 0 Å². The lowest BCUT2D eigenvalue weighted by Crippen LogP contribution is -2.41. The fourth-order valence-electron chi connectivity index (χ4n) is 6.69.